The highest BCUT2D eigenvalue weighted by atomic mass is 32.2. The third kappa shape index (κ3) is 8.96. The minimum absolute atomic E-state index is 0.981. The van der Waals surface area contributed by atoms with E-state index in [1.54, 1.807) is 0 Å². The standard InChI is InChI=1S/C15H31NS/c1-17-13-9-5-4-8-12-16-14-15-10-6-2-3-7-11-15/h15-16H,2-14H2,1H3. The monoisotopic (exact) mass is 257 g/mol. The highest BCUT2D eigenvalue weighted by molar-refractivity contribution is 7.98. The summed E-state index contributed by atoms with van der Waals surface area (Å²) in [6.07, 6.45) is 16.7. The van der Waals surface area contributed by atoms with Crippen LogP contribution in [-0.4, -0.2) is 25.1 Å². The molecule has 0 heterocycles. The van der Waals surface area contributed by atoms with Crippen LogP contribution < -0.4 is 5.32 Å². The topological polar surface area (TPSA) is 12.0 Å². The molecule has 0 atom stereocenters. The van der Waals surface area contributed by atoms with Gasteiger partial charge in [-0.05, 0) is 56.7 Å². The van der Waals surface area contributed by atoms with Gasteiger partial charge in [0.2, 0.25) is 0 Å². The van der Waals surface area contributed by atoms with Gasteiger partial charge in [-0.25, -0.2) is 0 Å². The van der Waals surface area contributed by atoms with Crippen molar-refractivity contribution in [2.45, 2.75) is 64.2 Å². The fourth-order valence-corrected chi connectivity index (χ4v) is 3.22. The molecule has 1 nitrogen and oxygen atoms in total. The highest BCUT2D eigenvalue weighted by Gasteiger charge is 2.10. The summed E-state index contributed by atoms with van der Waals surface area (Å²) in [5.41, 5.74) is 0. The predicted octanol–water partition coefficient (Wildman–Crippen LogP) is 4.47. The molecule has 1 saturated carbocycles. The van der Waals surface area contributed by atoms with Gasteiger partial charge in [-0.3, -0.25) is 0 Å². The van der Waals surface area contributed by atoms with Crippen molar-refractivity contribution in [1.29, 1.82) is 0 Å². The van der Waals surface area contributed by atoms with Crippen LogP contribution in [0.25, 0.3) is 0 Å². The van der Waals surface area contributed by atoms with E-state index in [0.717, 1.165) is 5.92 Å². The Kier molecular flexibility index (Phi) is 10.3. The first-order valence-electron chi connectivity index (χ1n) is 7.63. The average Bonchev–Trinajstić information content (AvgIpc) is 2.61. The molecule has 0 amide bonds. The minimum Gasteiger partial charge on any atom is -0.316 e. The summed E-state index contributed by atoms with van der Waals surface area (Å²) < 4.78 is 0. The van der Waals surface area contributed by atoms with Crippen LogP contribution in [0.15, 0.2) is 0 Å². The van der Waals surface area contributed by atoms with Crippen LogP contribution >= 0.6 is 11.8 Å². The number of rotatable bonds is 9. The van der Waals surface area contributed by atoms with Crippen LogP contribution in [0.1, 0.15) is 64.2 Å². The number of hydrogen-bond acceptors (Lipinski definition) is 2. The second-order valence-corrected chi connectivity index (χ2v) is 6.45. The van der Waals surface area contributed by atoms with Crippen molar-refractivity contribution in [3.63, 3.8) is 0 Å². The molecule has 0 aromatic rings. The first-order valence-corrected chi connectivity index (χ1v) is 9.02. The van der Waals surface area contributed by atoms with E-state index >= 15 is 0 Å². The summed E-state index contributed by atoms with van der Waals surface area (Å²) in [7, 11) is 0. The maximum absolute atomic E-state index is 3.67. The van der Waals surface area contributed by atoms with Gasteiger partial charge in [-0.1, -0.05) is 38.5 Å². The van der Waals surface area contributed by atoms with E-state index in [1.807, 2.05) is 11.8 Å². The number of nitrogens with one attached hydrogen (secondary N) is 1. The van der Waals surface area contributed by atoms with Crippen LogP contribution in [0.4, 0.5) is 0 Å². The van der Waals surface area contributed by atoms with Crippen LogP contribution in [-0.2, 0) is 0 Å². The number of unbranched alkanes of at least 4 members (excludes halogenated alkanes) is 3. The van der Waals surface area contributed by atoms with Gasteiger partial charge in [0.05, 0.1) is 0 Å². The molecule has 0 saturated heterocycles. The molecule has 0 bridgehead atoms. The van der Waals surface area contributed by atoms with E-state index in [9.17, 15) is 0 Å². The summed E-state index contributed by atoms with van der Waals surface area (Å²) in [5.74, 6) is 2.32. The summed E-state index contributed by atoms with van der Waals surface area (Å²) in [6.45, 7) is 2.53. The lowest BCUT2D eigenvalue weighted by Gasteiger charge is -2.14. The van der Waals surface area contributed by atoms with Gasteiger partial charge >= 0.3 is 0 Å². The molecule has 1 aliphatic carbocycles. The molecular formula is C15H31NS. The fraction of sp³-hybridized carbons (Fsp3) is 1.00. The predicted molar refractivity (Wildman–Crippen MR) is 80.9 cm³/mol. The van der Waals surface area contributed by atoms with Crippen molar-refractivity contribution >= 4 is 11.8 Å². The van der Waals surface area contributed by atoms with Crippen molar-refractivity contribution < 1.29 is 0 Å². The van der Waals surface area contributed by atoms with E-state index in [1.165, 1.54) is 83.1 Å². The van der Waals surface area contributed by atoms with E-state index in [2.05, 4.69) is 11.6 Å². The summed E-state index contributed by atoms with van der Waals surface area (Å²) in [5, 5.41) is 3.67. The smallest absolute Gasteiger partial charge is 0.00205 e. The van der Waals surface area contributed by atoms with Crippen LogP contribution in [0.3, 0.4) is 0 Å². The molecule has 2 heteroatoms. The zero-order chi connectivity index (χ0) is 12.2. The van der Waals surface area contributed by atoms with Gasteiger partial charge in [0, 0.05) is 0 Å². The molecule has 102 valence electrons. The summed E-state index contributed by atoms with van der Waals surface area (Å²) in [4.78, 5) is 0. The fourth-order valence-electron chi connectivity index (χ4n) is 2.72. The Morgan fingerprint density at radius 2 is 1.65 bits per heavy atom. The van der Waals surface area contributed by atoms with E-state index < -0.39 is 0 Å². The Bertz CT molecular complexity index is 153. The molecule has 0 aromatic heterocycles. The first-order chi connectivity index (χ1) is 8.43. The highest BCUT2D eigenvalue weighted by Crippen LogP contribution is 2.21. The quantitative estimate of drug-likeness (QED) is 0.483. The van der Waals surface area contributed by atoms with E-state index in [0.29, 0.717) is 0 Å². The lowest BCUT2D eigenvalue weighted by Crippen LogP contribution is -2.23. The molecular weight excluding hydrogens is 226 g/mol. The maximum Gasteiger partial charge on any atom is -0.00205 e. The van der Waals surface area contributed by atoms with Crippen LogP contribution in [0.2, 0.25) is 0 Å². The number of thioether (sulfide) groups is 1. The zero-order valence-electron chi connectivity index (χ0n) is 11.7. The van der Waals surface area contributed by atoms with Crippen LogP contribution in [0, 0.1) is 5.92 Å². The van der Waals surface area contributed by atoms with Gasteiger partial charge in [0.15, 0.2) is 0 Å². The lowest BCUT2D eigenvalue weighted by atomic mass is 10.0. The molecule has 1 aliphatic rings. The normalized spacial score (nSPS) is 18.2. The SMILES string of the molecule is CSCCCCCCNCC1CCCCCC1. The molecule has 1 fully saturated rings. The first kappa shape index (κ1) is 15.4. The Morgan fingerprint density at radius 1 is 0.941 bits per heavy atom. The Labute approximate surface area is 113 Å². The number of hydrogen-bond donors (Lipinski definition) is 1. The van der Waals surface area contributed by atoms with E-state index in [-0.39, 0.29) is 0 Å². The Hall–Kier alpha value is 0.310. The molecule has 0 aliphatic heterocycles. The maximum atomic E-state index is 3.67. The second kappa shape index (κ2) is 11.4. The largest absolute Gasteiger partial charge is 0.316 e. The van der Waals surface area contributed by atoms with Crippen molar-refractivity contribution in [3.05, 3.63) is 0 Å². The Morgan fingerprint density at radius 3 is 2.35 bits per heavy atom. The second-order valence-electron chi connectivity index (χ2n) is 5.47. The average molecular weight is 257 g/mol. The van der Waals surface area contributed by atoms with Gasteiger partial charge in [-0.15, -0.1) is 0 Å². The third-order valence-electron chi connectivity index (χ3n) is 3.86. The van der Waals surface area contributed by atoms with Crippen molar-refractivity contribution in [2.24, 2.45) is 5.92 Å². The summed E-state index contributed by atoms with van der Waals surface area (Å²) in [6, 6.07) is 0. The van der Waals surface area contributed by atoms with Gasteiger partial charge in [0.1, 0.15) is 0 Å². The Balaban J connectivity index is 1.82. The van der Waals surface area contributed by atoms with E-state index in [4.69, 9.17) is 0 Å². The zero-order valence-corrected chi connectivity index (χ0v) is 12.5. The lowest BCUT2D eigenvalue weighted by molar-refractivity contribution is 0.421. The van der Waals surface area contributed by atoms with Gasteiger partial charge in [-0.2, -0.15) is 11.8 Å². The van der Waals surface area contributed by atoms with Gasteiger partial charge < -0.3 is 5.32 Å². The molecule has 1 rings (SSSR count). The summed E-state index contributed by atoms with van der Waals surface area (Å²) >= 11 is 1.98. The molecule has 1 N–H and O–H groups in total. The molecule has 17 heavy (non-hydrogen) atoms. The minimum atomic E-state index is 0.981. The molecule has 0 unspecified atom stereocenters. The van der Waals surface area contributed by atoms with Gasteiger partial charge in [0.25, 0.3) is 0 Å². The van der Waals surface area contributed by atoms with Crippen LogP contribution in [0.5, 0.6) is 0 Å². The van der Waals surface area contributed by atoms with Crippen molar-refractivity contribution in [1.82, 2.24) is 5.32 Å². The third-order valence-corrected chi connectivity index (χ3v) is 4.56. The molecule has 0 radical (unpaired) electrons. The van der Waals surface area contributed by atoms with Crippen molar-refractivity contribution in [3.8, 4) is 0 Å². The molecule has 0 spiro atoms. The molecule has 0 aromatic carbocycles. The van der Waals surface area contributed by atoms with Crippen molar-refractivity contribution in [2.75, 3.05) is 25.1 Å².